The second-order valence-electron chi connectivity index (χ2n) is 11.6. The first-order valence-electron chi connectivity index (χ1n) is 14.1. The van der Waals surface area contributed by atoms with Crippen LogP contribution in [0.1, 0.15) is 61.6 Å². The average molecular weight is 568 g/mol. The van der Waals surface area contributed by atoms with Crippen LogP contribution in [0.2, 0.25) is 0 Å². The minimum atomic E-state index is -1.17. The van der Waals surface area contributed by atoms with Crippen LogP contribution in [0.5, 0.6) is 0 Å². The Balaban J connectivity index is 1.21. The van der Waals surface area contributed by atoms with Crippen molar-refractivity contribution in [2.24, 2.45) is 11.8 Å². The second kappa shape index (κ2) is 10.9. The van der Waals surface area contributed by atoms with Gasteiger partial charge in [-0.15, -0.1) is 0 Å². The molecule has 3 fully saturated rings. The van der Waals surface area contributed by atoms with Gasteiger partial charge in [-0.3, -0.25) is 19.5 Å². The van der Waals surface area contributed by atoms with Gasteiger partial charge >= 0.3 is 0 Å². The predicted molar refractivity (Wildman–Crippen MR) is 143 cm³/mol. The molecule has 0 spiro atoms. The number of likely N-dealkylation sites (tertiary alicyclic amines) is 1. The third-order valence-electron chi connectivity index (χ3n) is 8.85. The molecule has 0 bridgehead atoms. The first-order valence-corrected chi connectivity index (χ1v) is 14.1. The summed E-state index contributed by atoms with van der Waals surface area (Å²) >= 11 is 0. The molecule has 8 nitrogen and oxygen atoms in total. The highest BCUT2D eigenvalue weighted by atomic mass is 19.1. The van der Waals surface area contributed by atoms with E-state index in [9.17, 15) is 22.8 Å². The zero-order valence-corrected chi connectivity index (χ0v) is 22.7. The molecule has 0 radical (unpaired) electrons. The Morgan fingerprint density at radius 3 is 2.51 bits per heavy atom. The van der Waals surface area contributed by atoms with Crippen molar-refractivity contribution in [1.29, 1.82) is 0 Å². The highest BCUT2D eigenvalue weighted by Crippen LogP contribution is 2.45. The quantitative estimate of drug-likeness (QED) is 0.434. The number of aromatic nitrogens is 2. The molecule has 3 aliphatic rings. The summed E-state index contributed by atoms with van der Waals surface area (Å²) < 4.78 is 46.9. The van der Waals surface area contributed by atoms with E-state index < -0.39 is 46.4 Å². The number of benzene rings is 1. The Hall–Kier alpha value is -3.73. The molecule has 0 unspecified atom stereocenters. The van der Waals surface area contributed by atoms with Crippen molar-refractivity contribution in [3.63, 3.8) is 0 Å². The molecule has 2 N–H and O–H groups in total. The maximum absolute atomic E-state index is 14.3. The molecule has 4 atom stereocenters. The highest BCUT2D eigenvalue weighted by molar-refractivity contribution is 5.94. The van der Waals surface area contributed by atoms with Crippen molar-refractivity contribution in [3.8, 4) is 11.3 Å². The van der Waals surface area contributed by atoms with Crippen LogP contribution in [0.4, 0.5) is 13.2 Å². The average Bonchev–Trinajstić information content (AvgIpc) is 3.33. The topological polar surface area (TPSA) is 100 Å². The molecule has 1 aromatic carbocycles. The lowest BCUT2D eigenvalue weighted by Crippen LogP contribution is -2.58. The summed E-state index contributed by atoms with van der Waals surface area (Å²) in [6.07, 6.45) is 7.25. The molecule has 2 amide bonds. The first-order chi connectivity index (χ1) is 19.7. The number of hydrogen-bond acceptors (Lipinski definition) is 6. The SMILES string of the molecule is C[C@@H]1CCC[C@H]1N1CC[C@H](NC(=O)c2cc(-c3c(F)cc(F)cc3F)on2)[C@@H](C(=O)NC2(c3ccccn3)CC2)C1. The van der Waals surface area contributed by atoms with E-state index in [0.717, 1.165) is 50.4 Å². The van der Waals surface area contributed by atoms with Gasteiger partial charge in [-0.25, -0.2) is 13.2 Å². The van der Waals surface area contributed by atoms with Gasteiger partial charge in [0.1, 0.15) is 17.5 Å². The molecule has 3 heterocycles. The van der Waals surface area contributed by atoms with Crippen molar-refractivity contribution < 1.29 is 27.3 Å². The summed E-state index contributed by atoms with van der Waals surface area (Å²) in [6, 6.07) is 7.72. The van der Waals surface area contributed by atoms with Gasteiger partial charge in [0, 0.05) is 49.6 Å². The van der Waals surface area contributed by atoms with Crippen LogP contribution in [-0.4, -0.2) is 52.0 Å². The summed E-state index contributed by atoms with van der Waals surface area (Å²) in [5, 5.41) is 9.86. The molecule has 41 heavy (non-hydrogen) atoms. The van der Waals surface area contributed by atoms with Crippen molar-refractivity contribution in [3.05, 3.63) is 71.4 Å². The van der Waals surface area contributed by atoms with Gasteiger partial charge in [0.2, 0.25) is 5.91 Å². The fourth-order valence-electron chi connectivity index (χ4n) is 6.45. The fraction of sp³-hybridized carbons (Fsp3) is 0.467. The second-order valence-corrected chi connectivity index (χ2v) is 11.6. The first kappa shape index (κ1) is 27.4. The molecule has 1 saturated heterocycles. The van der Waals surface area contributed by atoms with E-state index in [-0.39, 0.29) is 17.4 Å². The molecule has 2 aromatic heterocycles. The monoisotopic (exact) mass is 567 g/mol. The Morgan fingerprint density at radius 2 is 1.85 bits per heavy atom. The maximum Gasteiger partial charge on any atom is 0.273 e. The van der Waals surface area contributed by atoms with Gasteiger partial charge in [-0.1, -0.05) is 24.6 Å². The minimum Gasteiger partial charge on any atom is -0.355 e. The highest BCUT2D eigenvalue weighted by Gasteiger charge is 2.49. The number of pyridine rings is 1. The summed E-state index contributed by atoms with van der Waals surface area (Å²) in [4.78, 5) is 33.9. The number of piperidine rings is 1. The normalized spacial score (nSPS) is 25.6. The summed E-state index contributed by atoms with van der Waals surface area (Å²) in [7, 11) is 0. The van der Waals surface area contributed by atoms with Crippen LogP contribution >= 0.6 is 0 Å². The predicted octanol–water partition coefficient (Wildman–Crippen LogP) is 4.57. The maximum atomic E-state index is 14.3. The number of hydrogen-bond donors (Lipinski definition) is 2. The molecular formula is C30H32F3N5O3. The van der Waals surface area contributed by atoms with Gasteiger partial charge in [0.25, 0.3) is 5.91 Å². The number of nitrogens with one attached hydrogen (secondary N) is 2. The van der Waals surface area contributed by atoms with Gasteiger partial charge in [-0.2, -0.15) is 0 Å². The van der Waals surface area contributed by atoms with Gasteiger partial charge in [-0.05, 0) is 50.2 Å². The fourth-order valence-corrected chi connectivity index (χ4v) is 6.45. The Morgan fingerprint density at radius 1 is 1.07 bits per heavy atom. The lowest BCUT2D eigenvalue weighted by atomic mass is 9.88. The molecule has 1 aliphatic heterocycles. The van der Waals surface area contributed by atoms with Gasteiger partial charge in [0.05, 0.1) is 22.7 Å². The number of rotatable bonds is 7. The van der Waals surface area contributed by atoms with Crippen LogP contribution in [-0.2, 0) is 10.3 Å². The molecule has 216 valence electrons. The van der Waals surface area contributed by atoms with Crippen LogP contribution in [0, 0.1) is 29.3 Å². The third kappa shape index (κ3) is 5.47. The largest absolute Gasteiger partial charge is 0.355 e. The molecule has 2 saturated carbocycles. The Labute approximate surface area is 235 Å². The smallest absolute Gasteiger partial charge is 0.273 e. The lowest BCUT2D eigenvalue weighted by Gasteiger charge is -2.42. The van der Waals surface area contributed by atoms with E-state index in [4.69, 9.17) is 4.52 Å². The summed E-state index contributed by atoms with van der Waals surface area (Å²) in [5.41, 5.74) is -0.485. The number of halogens is 3. The van der Waals surface area contributed by atoms with Crippen LogP contribution in [0.25, 0.3) is 11.3 Å². The third-order valence-corrected chi connectivity index (χ3v) is 8.85. The van der Waals surface area contributed by atoms with E-state index in [0.29, 0.717) is 37.1 Å². The standard InChI is InChI=1S/C30H32F3N5O3/c1-17-5-4-6-24(17)38-12-8-22(19(16-38)28(39)36-30(9-10-30)26-7-2-3-11-34-26)35-29(40)23-15-25(41-37-23)27-20(32)13-18(31)14-21(27)33/h2-3,7,11,13-15,17,19,22,24H,4-6,8-10,12,16H2,1H3,(H,35,40)(H,36,39)/t17-,19+,22+,24-/m1/s1. The van der Waals surface area contributed by atoms with E-state index in [1.165, 1.54) is 0 Å². The zero-order valence-electron chi connectivity index (χ0n) is 22.7. The van der Waals surface area contributed by atoms with Gasteiger partial charge < -0.3 is 15.2 Å². The van der Waals surface area contributed by atoms with Crippen molar-refractivity contribution >= 4 is 11.8 Å². The molecule has 6 rings (SSSR count). The van der Waals surface area contributed by atoms with E-state index in [1.54, 1.807) is 6.20 Å². The molecular weight excluding hydrogens is 535 g/mol. The summed E-state index contributed by atoms with van der Waals surface area (Å²) in [5.74, 6) is -4.51. The summed E-state index contributed by atoms with van der Waals surface area (Å²) in [6.45, 7) is 3.47. The van der Waals surface area contributed by atoms with Crippen molar-refractivity contribution in [2.45, 2.75) is 63.1 Å². The van der Waals surface area contributed by atoms with Crippen LogP contribution < -0.4 is 10.6 Å². The minimum absolute atomic E-state index is 0.148. The molecule has 11 heteroatoms. The van der Waals surface area contributed by atoms with Crippen molar-refractivity contribution in [1.82, 2.24) is 25.7 Å². The Bertz CT molecular complexity index is 1420. The van der Waals surface area contributed by atoms with Crippen molar-refractivity contribution in [2.75, 3.05) is 13.1 Å². The number of carbonyl (C=O) groups is 2. The lowest BCUT2D eigenvalue weighted by molar-refractivity contribution is -0.129. The number of amides is 2. The number of carbonyl (C=O) groups excluding carboxylic acids is 2. The van der Waals surface area contributed by atoms with E-state index >= 15 is 0 Å². The Kier molecular flexibility index (Phi) is 7.31. The molecule has 3 aromatic rings. The van der Waals surface area contributed by atoms with Gasteiger partial charge in [0.15, 0.2) is 11.5 Å². The number of nitrogens with zero attached hydrogens (tertiary/aromatic N) is 3. The molecule has 2 aliphatic carbocycles. The van der Waals surface area contributed by atoms with Crippen LogP contribution in [0.3, 0.4) is 0 Å². The van der Waals surface area contributed by atoms with Crippen LogP contribution in [0.15, 0.2) is 47.1 Å². The van der Waals surface area contributed by atoms with E-state index in [1.807, 2.05) is 18.2 Å². The van der Waals surface area contributed by atoms with E-state index in [2.05, 4.69) is 32.6 Å². The zero-order chi connectivity index (χ0) is 28.7.